The minimum absolute atomic E-state index is 0.637. The summed E-state index contributed by atoms with van der Waals surface area (Å²) in [5.41, 5.74) is 0.637. The third kappa shape index (κ3) is 11.6. The van der Waals surface area contributed by atoms with Gasteiger partial charge in [0.25, 0.3) is 0 Å². The molecule has 0 radical (unpaired) electrons. The van der Waals surface area contributed by atoms with Crippen molar-refractivity contribution in [3.8, 4) is 0 Å². The number of unbranched alkanes of at least 4 members (excludes halogenated alkanes) is 10. The lowest BCUT2D eigenvalue weighted by Crippen LogP contribution is -2.34. The summed E-state index contributed by atoms with van der Waals surface area (Å²) in [5, 5.41) is 0. The zero-order valence-corrected chi connectivity index (χ0v) is 24.4. The molecule has 6 atom stereocenters. The van der Waals surface area contributed by atoms with Gasteiger partial charge in [-0.1, -0.05) is 137 Å². The maximum Gasteiger partial charge on any atom is -0.0265 e. The van der Waals surface area contributed by atoms with Gasteiger partial charge in [-0.15, -0.1) is 0 Å². The van der Waals surface area contributed by atoms with Crippen molar-refractivity contribution in [2.75, 3.05) is 0 Å². The topological polar surface area (TPSA) is 0 Å². The summed E-state index contributed by atoms with van der Waals surface area (Å²) in [5.74, 6) is 4.79. The van der Waals surface area contributed by atoms with Crippen molar-refractivity contribution in [1.82, 2.24) is 0 Å². The van der Waals surface area contributed by atoms with Crippen LogP contribution in [0.15, 0.2) is 12.2 Å². The fraction of sp³-hybridized carbons (Fsp3) is 0.941. The van der Waals surface area contributed by atoms with E-state index in [2.05, 4.69) is 46.8 Å². The van der Waals surface area contributed by atoms with Crippen LogP contribution < -0.4 is 0 Å². The van der Waals surface area contributed by atoms with Gasteiger partial charge >= 0.3 is 0 Å². The molecule has 2 rings (SSSR count). The van der Waals surface area contributed by atoms with E-state index in [1.165, 1.54) is 128 Å². The summed E-state index contributed by atoms with van der Waals surface area (Å²) in [7, 11) is 0. The number of hydrogen-bond acceptors (Lipinski definition) is 0. The summed E-state index contributed by atoms with van der Waals surface area (Å²) in [6, 6.07) is 0. The fourth-order valence-electron chi connectivity index (χ4n) is 7.11. The van der Waals surface area contributed by atoms with E-state index in [9.17, 15) is 0 Å². The molecule has 0 amide bonds. The van der Waals surface area contributed by atoms with Crippen molar-refractivity contribution in [1.29, 1.82) is 0 Å². The SMILES string of the molecule is CCC(C)/C=C/CCCCCCCCCCCCC1(C)CCC(CC2CCCCC2C)CC1C. The van der Waals surface area contributed by atoms with Gasteiger partial charge in [-0.3, -0.25) is 0 Å². The monoisotopic (exact) mass is 473 g/mol. The van der Waals surface area contributed by atoms with Gasteiger partial charge in [-0.2, -0.15) is 0 Å². The Balaban J connectivity index is 1.43. The van der Waals surface area contributed by atoms with E-state index in [1.54, 1.807) is 6.42 Å². The van der Waals surface area contributed by atoms with E-state index in [0.717, 1.165) is 29.6 Å². The Morgan fingerprint density at radius 1 is 0.824 bits per heavy atom. The van der Waals surface area contributed by atoms with Crippen LogP contribution in [0.5, 0.6) is 0 Å². The summed E-state index contributed by atoms with van der Waals surface area (Å²) in [6.45, 7) is 12.4. The first-order valence-corrected chi connectivity index (χ1v) is 16.1. The van der Waals surface area contributed by atoms with E-state index < -0.39 is 0 Å². The van der Waals surface area contributed by atoms with Gasteiger partial charge in [-0.05, 0) is 80.0 Å². The van der Waals surface area contributed by atoms with Crippen molar-refractivity contribution in [3.63, 3.8) is 0 Å². The van der Waals surface area contributed by atoms with Crippen LogP contribution in [0.25, 0.3) is 0 Å². The summed E-state index contributed by atoms with van der Waals surface area (Å²) in [6.07, 6.45) is 35.6. The summed E-state index contributed by atoms with van der Waals surface area (Å²) in [4.78, 5) is 0. The molecule has 0 aromatic rings. The van der Waals surface area contributed by atoms with Gasteiger partial charge in [0.2, 0.25) is 0 Å². The highest BCUT2D eigenvalue weighted by molar-refractivity contribution is 4.89. The number of allylic oxidation sites excluding steroid dienone is 2. The van der Waals surface area contributed by atoms with E-state index in [0.29, 0.717) is 5.41 Å². The van der Waals surface area contributed by atoms with E-state index in [4.69, 9.17) is 0 Å². The van der Waals surface area contributed by atoms with E-state index in [-0.39, 0.29) is 0 Å². The lowest BCUT2D eigenvalue weighted by atomic mass is 9.61. The molecule has 2 aliphatic rings. The van der Waals surface area contributed by atoms with Gasteiger partial charge in [0.15, 0.2) is 0 Å². The molecule has 0 heteroatoms. The Morgan fingerprint density at radius 3 is 2.06 bits per heavy atom. The Morgan fingerprint density at radius 2 is 1.44 bits per heavy atom. The molecule has 0 heterocycles. The highest BCUT2D eigenvalue weighted by atomic mass is 14.4. The second-order valence-electron chi connectivity index (χ2n) is 13.3. The molecule has 0 aliphatic heterocycles. The molecule has 0 spiro atoms. The van der Waals surface area contributed by atoms with Gasteiger partial charge < -0.3 is 0 Å². The molecule has 0 aromatic carbocycles. The van der Waals surface area contributed by atoms with E-state index in [1.807, 2.05) is 0 Å². The van der Waals surface area contributed by atoms with Gasteiger partial charge in [-0.25, -0.2) is 0 Å². The molecular weight excluding hydrogens is 408 g/mol. The quantitative estimate of drug-likeness (QED) is 0.146. The van der Waals surface area contributed by atoms with Crippen LogP contribution in [-0.4, -0.2) is 0 Å². The van der Waals surface area contributed by atoms with Crippen molar-refractivity contribution >= 4 is 0 Å². The Bertz CT molecular complexity index is 518. The summed E-state index contributed by atoms with van der Waals surface area (Å²) >= 11 is 0. The molecule has 0 aromatic heterocycles. The van der Waals surface area contributed by atoms with Crippen molar-refractivity contribution in [2.24, 2.45) is 35.0 Å². The van der Waals surface area contributed by atoms with Gasteiger partial charge in [0.05, 0.1) is 0 Å². The number of rotatable bonds is 17. The average Bonchev–Trinajstić information content (AvgIpc) is 2.83. The van der Waals surface area contributed by atoms with Crippen LogP contribution in [0.4, 0.5) is 0 Å². The first-order valence-electron chi connectivity index (χ1n) is 16.1. The van der Waals surface area contributed by atoms with Crippen molar-refractivity contribution in [3.05, 3.63) is 12.2 Å². The molecule has 34 heavy (non-hydrogen) atoms. The molecule has 200 valence electrons. The van der Waals surface area contributed by atoms with E-state index >= 15 is 0 Å². The fourth-order valence-corrected chi connectivity index (χ4v) is 7.11. The van der Waals surface area contributed by atoms with Crippen LogP contribution in [0.1, 0.15) is 169 Å². The Kier molecular flexibility index (Phi) is 15.2. The van der Waals surface area contributed by atoms with Crippen LogP contribution in [-0.2, 0) is 0 Å². The summed E-state index contributed by atoms with van der Waals surface area (Å²) < 4.78 is 0. The Labute approximate surface area is 216 Å². The third-order valence-electron chi connectivity index (χ3n) is 10.4. The zero-order valence-electron chi connectivity index (χ0n) is 24.4. The van der Waals surface area contributed by atoms with Crippen molar-refractivity contribution in [2.45, 2.75) is 169 Å². The van der Waals surface area contributed by atoms with Crippen LogP contribution >= 0.6 is 0 Å². The van der Waals surface area contributed by atoms with Crippen LogP contribution in [0.3, 0.4) is 0 Å². The number of hydrogen-bond donors (Lipinski definition) is 0. The van der Waals surface area contributed by atoms with Crippen LogP contribution in [0, 0.1) is 35.0 Å². The first-order chi connectivity index (χ1) is 16.4. The second-order valence-corrected chi connectivity index (χ2v) is 13.3. The molecule has 0 nitrogen and oxygen atoms in total. The maximum absolute atomic E-state index is 2.64. The zero-order chi connectivity index (χ0) is 24.7. The predicted molar refractivity (Wildman–Crippen MR) is 154 cm³/mol. The minimum Gasteiger partial charge on any atom is -0.0883 e. The molecule has 0 saturated heterocycles. The largest absolute Gasteiger partial charge is 0.0883 e. The van der Waals surface area contributed by atoms with Gasteiger partial charge in [0, 0.05) is 0 Å². The second kappa shape index (κ2) is 17.2. The average molecular weight is 473 g/mol. The standard InChI is InChI=1S/C34H64/c1-6-29(2)21-17-15-13-11-9-7-8-10-12-14-16-20-25-34(5)26-24-32(27-31(34)4)28-33-23-19-18-22-30(33)3/h17,21,29-33H,6-16,18-20,22-28H2,1-5H3/b21-17+. The Hall–Kier alpha value is -0.260. The predicted octanol–water partition coefficient (Wildman–Crippen LogP) is 11.9. The van der Waals surface area contributed by atoms with Crippen LogP contribution in [0.2, 0.25) is 0 Å². The third-order valence-corrected chi connectivity index (χ3v) is 10.4. The lowest BCUT2D eigenvalue weighted by Gasteiger charge is -2.45. The highest BCUT2D eigenvalue weighted by Crippen LogP contribution is 2.49. The molecule has 6 unspecified atom stereocenters. The molecule has 0 bridgehead atoms. The first kappa shape index (κ1) is 30.0. The minimum atomic E-state index is 0.637. The molecular formula is C34H64. The highest BCUT2D eigenvalue weighted by Gasteiger charge is 2.37. The molecule has 2 aliphatic carbocycles. The molecule has 0 N–H and O–H groups in total. The lowest BCUT2D eigenvalue weighted by molar-refractivity contribution is 0.0622. The maximum atomic E-state index is 2.64. The van der Waals surface area contributed by atoms with Crippen molar-refractivity contribution < 1.29 is 0 Å². The molecule has 2 saturated carbocycles. The molecule has 2 fully saturated rings. The van der Waals surface area contributed by atoms with Gasteiger partial charge in [0.1, 0.15) is 0 Å². The smallest absolute Gasteiger partial charge is 0.0265 e. The normalized spacial score (nSPS) is 31.2.